The topological polar surface area (TPSA) is 79.9 Å². The molecule has 0 aromatic heterocycles. The Morgan fingerprint density at radius 2 is 1.67 bits per heavy atom. The van der Waals surface area contributed by atoms with Crippen molar-refractivity contribution in [2.75, 3.05) is 25.0 Å². The van der Waals surface area contributed by atoms with Gasteiger partial charge in [0, 0.05) is 31.6 Å². The van der Waals surface area contributed by atoms with Crippen LogP contribution in [0.15, 0.2) is 18.2 Å². The molecule has 5 nitrogen and oxygen atoms in total. The van der Waals surface area contributed by atoms with Gasteiger partial charge in [-0.05, 0) is 25.0 Å². The van der Waals surface area contributed by atoms with Gasteiger partial charge < -0.3 is 5.32 Å². The number of nitrogens with zero attached hydrogens (tertiary/aromatic N) is 3. The van der Waals surface area contributed by atoms with Crippen LogP contribution in [0, 0.1) is 36.5 Å². The molecule has 5 heteroatoms. The summed E-state index contributed by atoms with van der Waals surface area (Å²) in [6.07, 6.45) is 0.699. The fraction of sp³-hybridized carbons (Fsp3) is 0.438. The third kappa shape index (κ3) is 5.64. The van der Waals surface area contributed by atoms with Gasteiger partial charge in [0.05, 0.1) is 18.7 Å². The third-order valence-electron chi connectivity index (χ3n) is 3.19. The molecule has 21 heavy (non-hydrogen) atoms. The molecule has 1 aromatic carbocycles. The van der Waals surface area contributed by atoms with E-state index in [4.69, 9.17) is 10.5 Å². The molecule has 1 amide bonds. The molecular formula is C16H20N4O. The third-order valence-corrected chi connectivity index (χ3v) is 3.19. The highest BCUT2D eigenvalue weighted by molar-refractivity contribution is 5.93. The van der Waals surface area contributed by atoms with E-state index in [2.05, 4.69) is 17.5 Å². The van der Waals surface area contributed by atoms with E-state index < -0.39 is 0 Å². The van der Waals surface area contributed by atoms with Gasteiger partial charge in [0.25, 0.3) is 0 Å². The number of benzene rings is 1. The summed E-state index contributed by atoms with van der Waals surface area (Å²) >= 11 is 0. The Balaban J connectivity index is 2.65. The standard InChI is InChI=1S/C16H20N4O/c1-13-6-3-7-14(2)16(13)19-15(21)12-20(10-4-8-17)11-5-9-18/h3,6-7H,4-5,10-12H2,1-2H3,(H,19,21). The zero-order valence-corrected chi connectivity index (χ0v) is 12.5. The number of nitriles is 2. The lowest BCUT2D eigenvalue weighted by Crippen LogP contribution is -2.34. The SMILES string of the molecule is Cc1cccc(C)c1NC(=O)CN(CCC#N)CCC#N. The maximum absolute atomic E-state index is 12.1. The van der Waals surface area contributed by atoms with Crippen molar-refractivity contribution in [3.8, 4) is 12.1 Å². The monoisotopic (exact) mass is 284 g/mol. The summed E-state index contributed by atoms with van der Waals surface area (Å²) in [6.45, 7) is 5.09. The van der Waals surface area contributed by atoms with Gasteiger partial charge in [-0.2, -0.15) is 10.5 Å². The predicted octanol–water partition coefficient (Wildman–Crippen LogP) is 2.37. The summed E-state index contributed by atoms with van der Waals surface area (Å²) in [7, 11) is 0. The van der Waals surface area contributed by atoms with Crippen LogP contribution in [-0.2, 0) is 4.79 Å². The van der Waals surface area contributed by atoms with Gasteiger partial charge >= 0.3 is 0 Å². The maximum Gasteiger partial charge on any atom is 0.238 e. The zero-order valence-electron chi connectivity index (χ0n) is 12.5. The summed E-state index contributed by atoms with van der Waals surface area (Å²) in [5.74, 6) is -0.122. The van der Waals surface area contributed by atoms with Crippen LogP contribution < -0.4 is 5.32 Å². The normalized spacial score (nSPS) is 9.95. The molecule has 1 aromatic rings. The highest BCUT2D eigenvalue weighted by Gasteiger charge is 2.12. The predicted molar refractivity (Wildman–Crippen MR) is 81.4 cm³/mol. The van der Waals surface area contributed by atoms with E-state index in [9.17, 15) is 4.79 Å². The number of carbonyl (C=O) groups is 1. The van der Waals surface area contributed by atoms with E-state index in [-0.39, 0.29) is 12.5 Å². The van der Waals surface area contributed by atoms with E-state index in [0.29, 0.717) is 25.9 Å². The summed E-state index contributed by atoms with van der Waals surface area (Å²) in [5, 5.41) is 20.2. The van der Waals surface area contributed by atoms with Crippen molar-refractivity contribution in [1.82, 2.24) is 4.90 Å². The van der Waals surface area contributed by atoms with E-state index >= 15 is 0 Å². The molecule has 0 saturated heterocycles. The molecule has 0 fully saturated rings. The van der Waals surface area contributed by atoms with Gasteiger partial charge in [0.15, 0.2) is 0 Å². The van der Waals surface area contributed by atoms with Crippen LogP contribution in [0.2, 0.25) is 0 Å². The molecule has 0 bridgehead atoms. The molecule has 110 valence electrons. The quantitative estimate of drug-likeness (QED) is 0.833. The van der Waals surface area contributed by atoms with Crippen molar-refractivity contribution in [3.63, 3.8) is 0 Å². The van der Waals surface area contributed by atoms with Gasteiger partial charge in [0.1, 0.15) is 0 Å². The van der Waals surface area contributed by atoms with Crippen LogP contribution >= 0.6 is 0 Å². The molecule has 0 heterocycles. The Morgan fingerprint density at radius 3 is 2.14 bits per heavy atom. The number of carbonyl (C=O) groups excluding carboxylic acids is 1. The fourth-order valence-electron chi connectivity index (χ4n) is 2.08. The second-order valence-electron chi connectivity index (χ2n) is 4.91. The Bertz CT molecular complexity index is 530. The number of para-hydroxylation sites is 1. The summed E-state index contributed by atoms with van der Waals surface area (Å²) < 4.78 is 0. The lowest BCUT2D eigenvalue weighted by molar-refractivity contribution is -0.117. The second kappa shape index (κ2) is 8.73. The first-order chi connectivity index (χ1) is 10.1. The molecule has 0 aliphatic rings. The Labute approximate surface area is 125 Å². The van der Waals surface area contributed by atoms with E-state index in [0.717, 1.165) is 16.8 Å². The first-order valence-electron chi connectivity index (χ1n) is 6.90. The molecule has 0 unspecified atom stereocenters. The molecule has 0 radical (unpaired) electrons. The zero-order chi connectivity index (χ0) is 15.7. The summed E-state index contributed by atoms with van der Waals surface area (Å²) in [6, 6.07) is 9.97. The van der Waals surface area contributed by atoms with E-state index in [1.54, 1.807) is 0 Å². The lowest BCUT2D eigenvalue weighted by atomic mass is 10.1. The Kier molecular flexibility index (Phi) is 6.94. The minimum atomic E-state index is -0.122. The van der Waals surface area contributed by atoms with Crippen LogP contribution in [0.3, 0.4) is 0 Å². The number of rotatable bonds is 7. The minimum Gasteiger partial charge on any atom is -0.324 e. The van der Waals surface area contributed by atoms with Gasteiger partial charge in [0.2, 0.25) is 5.91 Å². The number of amides is 1. The van der Waals surface area contributed by atoms with Gasteiger partial charge in [-0.3, -0.25) is 9.69 Å². The van der Waals surface area contributed by atoms with Crippen molar-refractivity contribution in [2.45, 2.75) is 26.7 Å². The summed E-state index contributed by atoms with van der Waals surface area (Å²) in [5.41, 5.74) is 2.87. The largest absolute Gasteiger partial charge is 0.324 e. The first-order valence-corrected chi connectivity index (χ1v) is 6.90. The molecule has 0 aliphatic heterocycles. The number of anilines is 1. The average molecular weight is 284 g/mol. The highest BCUT2D eigenvalue weighted by atomic mass is 16.2. The molecule has 0 spiro atoms. The van der Waals surface area contributed by atoms with Crippen molar-refractivity contribution < 1.29 is 4.79 Å². The molecule has 0 saturated carbocycles. The fourth-order valence-corrected chi connectivity index (χ4v) is 2.08. The van der Waals surface area contributed by atoms with E-state index in [1.807, 2.05) is 36.9 Å². The first kappa shape index (κ1) is 16.7. The van der Waals surface area contributed by atoms with Crippen LogP contribution in [0.1, 0.15) is 24.0 Å². The van der Waals surface area contributed by atoms with Crippen molar-refractivity contribution in [1.29, 1.82) is 10.5 Å². The van der Waals surface area contributed by atoms with Gasteiger partial charge in [-0.15, -0.1) is 0 Å². The Hall–Kier alpha value is -2.37. The molecular weight excluding hydrogens is 264 g/mol. The van der Waals surface area contributed by atoms with Crippen LogP contribution in [0.4, 0.5) is 5.69 Å². The number of hydrogen-bond donors (Lipinski definition) is 1. The minimum absolute atomic E-state index is 0.122. The second-order valence-corrected chi connectivity index (χ2v) is 4.91. The number of aryl methyl sites for hydroxylation is 2. The van der Waals surface area contributed by atoms with Crippen LogP contribution in [0.25, 0.3) is 0 Å². The van der Waals surface area contributed by atoms with Gasteiger partial charge in [-0.25, -0.2) is 0 Å². The number of hydrogen-bond acceptors (Lipinski definition) is 4. The summed E-state index contributed by atoms with van der Waals surface area (Å²) in [4.78, 5) is 14.0. The van der Waals surface area contributed by atoms with Gasteiger partial charge in [-0.1, -0.05) is 18.2 Å². The lowest BCUT2D eigenvalue weighted by Gasteiger charge is -2.20. The molecule has 0 atom stereocenters. The maximum atomic E-state index is 12.1. The Morgan fingerprint density at radius 1 is 1.14 bits per heavy atom. The van der Waals surface area contributed by atoms with Crippen LogP contribution in [0.5, 0.6) is 0 Å². The van der Waals surface area contributed by atoms with E-state index in [1.165, 1.54) is 0 Å². The van der Waals surface area contributed by atoms with Crippen LogP contribution in [-0.4, -0.2) is 30.4 Å². The average Bonchev–Trinajstić information content (AvgIpc) is 2.46. The molecule has 1 rings (SSSR count). The number of nitrogens with one attached hydrogen (secondary N) is 1. The highest BCUT2D eigenvalue weighted by Crippen LogP contribution is 2.19. The molecule has 0 aliphatic carbocycles. The van der Waals surface area contributed by atoms with Crippen molar-refractivity contribution in [2.24, 2.45) is 0 Å². The smallest absolute Gasteiger partial charge is 0.238 e. The van der Waals surface area contributed by atoms with Crippen molar-refractivity contribution >= 4 is 11.6 Å². The molecule has 1 N–H and O–H groups in total. The van der Waals surface area contributed by atoms with Crippen molar-refractivity contribution in [3.05, 3.63) is 29.3 Å².